The van der Waals surface area contributed by atoms with E-state index >= 15 is 0 Å². The molecule has 2 saturated heterocycles. The van der Waals surface area contributed by atoms with Crippen LogP contribution < -0.4 is 0 Å². The van der Waals surface area contributed by atoms with Gasteiger partial charge in [-0.2, -0.15) is 0 Å². The van der Waals surface area contributed by atoms with Gasteiger partial charge in [0.2, 0.25) is 0 Å². The number of amides is 1. The first-order valence-corrected chi connectivity index (χ1v) is 13.4. The predicted octanol–water partition coefficient (Wildman–Crippen LogP) is 3.83. The highest BCUT2D eigenvalue weighted by Crippen LogP contribution is 2.62. The Kier molecular flexibility index (Phi) is 5.60. The Hall–Kier alpha value is -1.41. The Bertz CT molecular complexity index is 965. The summed E-state index contributed by atoms with van der Waals surface area (Å²) in [4.78, 5) is 21.9. The van der Waals surface area contributed by atoms with E-state index in [1.165, 1.54) is 11.1 Å². The number of benzene rings is 1. The largest absolute Gasteiger partial charge is 0.381 e. The van der Waals surface area contributed by atoms with Crippen LogP contribution in [-0.2, 0) is 31.0 Å². The summed E-state index contributed by atoms with van der Waals surface area (Å²) in [5, 5.41) is 0.869. The zero-order chi connectivity index (χ0) is 22.6. The van der Waals surface area contributed by atoms with Gasteiger partial charge in [-0.3, -0.25) is 9.69 Å². The van der Waals surface area contributed by atoms with Crippen LogP contribution in [0.25, 0.3) is 0 Å². The van der Waals surface area contributed by atoms with E-state index in [0.29, 0.717) is 6.54 Å². The third-order valence-corrected chi connectivity index (χ3v) is 9.70. The van der Waals surface area contributed by atoms with Gasteiger partial charge < -0.3 is 14.2 Å². The number of amidine groups is 1. The third kappa shape index (κ3) is 3.41. The topological polar surface area (TPSA) is 60.4 Å². The molecule has 1 aromatic carbocycles. The van der Waals surface area contributed by atoms with E-state index in [0.717, 1.165) is 74.6 Å². The van der Waals surface area contributed by atoms with Crippen molar-refractivity contribution in [3.8, 4) is 0 Å². The molecule has 5 aliphatic rings. The Morgan fingerprint density at radius 2 is 1.88 bits per heavy atom. The SMILES string of the molecule is COC1CCC2(CC1)Cc1ccc(C)cc1C21N=C(SCC2CCO2)N(CC2CCO2)C1=O. The van der Waals surface area contributed by atoms with Crippen LogP contribution in [0.1, 0.15) is 55.2 Å². The molecular weight excluding hydrogens is 436 g/mol. The Balaban J connectivity index is 1.42. The lowest BCUT2D eigenvalue weighted by Gasteiger charge is -2.45. The molecule has 2 aliphatic carbocycles. The lowest BCUT2D eigenvalue weighted by molar-refractivity contribution is -0.141. The van der Waals surface area contributed by atoms with Crippen LogP contribution in [-0.4, -0.2) is 66.9 Å². The summed E-state index contributed by atoms with van der Waals surface area (Å²) in [7, 11) is 1.81. The molecule has 3 unspecified atom stereocenters. The van der Waals surface area contributed by atoms with E-state index in [1.54, 1.807) is 11.8 Å². The van der Waals surface area contributed by atoms with Crippen LogP contribution in [0.15, 0.2) is 23.2 Å². The second kappa shape index (κ2) is 8.36. The number of thioether (sulfide) groups is 1. The summed E-state index contributed by atoms with van der Waals surface area (Å²) in [6.45, 7) is 4.36. The number of hydrogen-bond acceptors (Lipinski definition) is 6. The van der Waals surface area contributed by atoms with Gasteiger partial charge in [-0.05, 0) is 63.0 Å². The molecule has 3 aliphatic heterocycles. The molecular formula is C26H34N2O4S. The predicted molar refractivity (Wildman–Crippen MR) is 129 cm³/mol. The number of carbonyl (C=O) groups is 1. The highest BCUT2D eigenvalue weighted by atomic mass is 32.2. The molecule has 1 saturated carbocycles. The number of nitrogens with zero attached hydrogens (tertiary/aromatic N) is 2. The Morgan fingerprint density at radius 3 is 2.52 bits per heavy atom. The zero-order valence-electron chi connectivity index (χ0n) is 19.7. The normalized spacial score (nSPS) is 37.3. The van der Waals surface area contributed by atoms with Crippen molar-refractivity contribution in [1.29, 1.82) is 0 Å². The van der Waals surface area contributed by atoms with Crippen molar-refractivity contribution in [2.45, 2.75) is 75.7 Å². The molecule has 0 radical (unpaired) electrons. The van der Waals surface area contributed by atoms with Crippen molar-refractivity contribution in [2.24, 2.45) is 10.4 Å². The fourth-order valence-electron chi connectivity index (χ4n) is 6.42. The molecule has 1 amide bonds. The van der Waals surface area contributed by atoms with Gasteiger partial charge in [0.15, 0.2) is 10.7 Å². The Labute approximate surface area is 200 Å². The first kappa shape index (κ1) is 22.1. The van der Waals surface area contributed by atoms with Crippen molar-refractivity contribution in [3.05, 3.63) is 34.9 Å². The summed E-state index contributed by atoms with van der Waals surface area (Å²) in [5.74, 6) is 1.01. The third-order valence-electron chi connectivity index (χ3n) is 8.59. The number of aliphatic imine (C=N–C) groups is 1. The van der Waals surface area contributed by atoms with Crippen molar-refractivity contribution >= 4 is 22.8 Å². The minimum absolute atomic E-state index is 0.119. The molecule has 0 aromatic heterocycles. The second-order valence-corrected chi connectivity index (χ2v) is 11.4. The second-order valence-electron chi connectivity index (χ2n) is 10.4. The number of ether oxygens (including phenoxy) is 3. The van der Waals surface area contributed by atoms with Gasteiger partial charge in [0.25, 0.3) is 5.91 Å². The van der Waals surface area contributed by atoms with Crippen LogP contribution in [0.4, 0.5) is 0 Å². The molecule has 6 rings (SSSR count). The van der Waals surface area contributed by atoms with Crippen LogP contribution >= 0.6 is 11.8 Å². The number of methoxy groups -OCH3 is 1. The molecule has 0 bridgehead atoms. The fraction of sp³-hybridized carbons (Fsp3) is 0.692. The van der Waals surface area contributed by atoms with Crippen LogP contribution in [0.5, 0.6) is 0 Å². The molecule has 2 spiro atoms. The molecule has 1 aromatic rings. The van der Waals surface area contributed by atoms with Gasteiger partial charge in [-0.1, -0.05) is 35.5 Å². The van der Waals surface area contributed by atoms with Gasteiger partial charge in [0.1, 0.15) is 0 Å². The zero-order valence-corrected chi connectivity index (χ0v) is 20.5. The van der Waals surface area contributed by atoms with Crippen molar-refractivity contribution in [1.82, 2.24) is 4.90 Å². The van der Waals surface area contributed by atoms with E-state index in [9.17, 15) is 4.79 Å². The molecule has 178 valence electrons. The lowest BCUT2D eigenvalue weighted by Crippen LogP contribution is -2.53. The van der Waals surface area contributed by atoms with E-state index in [1.807, 2.05) is 12.0 Å². The van der Waals surface area contributed by atoms with Gasteiger partial charge >= 0.3 is 0 Å². The fourth-order valence-corrected chi connectivity index (χ4v) is 7.53. The number of aryl methyl sites for hydroxylation is 1. The van der Waals surface area contributed by atoms with Crippen LogP contribution in [0, 0.1) is 12.3 Å². The summed E-state index contributed by atoms with van der Waals surface area (Å²) in [5.41, 5.74) is 2.63. The van der Waals surface area contributed by atoms with E-state index in [-0.39, 0.29) is 29.6 Å². The monoisotopic (exact) mass is 470 g/mol. The number of fused-ring (bicyclic) bond motifs is 3. The van der Waals surface area contributed by atoms with Gasteiger partial charge in [-0.15, -0.1) is 0 Å². The maximum Gasteiger partial charge on any atom is 0.261 e. The first-order chi connectivity index (χ1) is 16.0. The quantitative estimate of drug-likeness (QED) is 0.655. The van der Waals surface area contributed by atoms with Gasteiger partial charge in [0, 0.05) is 31.5 Å². The van der Waals surface area contributed by atoms with Crippen molar-refractivity contribution < 1.29 is 19.0 Å². The summed E-state index contributed by atoms with van der Waals surface area (Å²) in [6, 6.07) is 6.65. The first-order valence-electron chi connectivity index (χ1n) is 12.5. The molecule has 33 heavy (non-hydrogen) atoms. The van der Waals surface area contributed by atoms with Crippen LogP contribution in [0.3, 0.4) is 0 Å². The van der Waals surface area contributed by atoms with Crippen LogP contribution in [0.2, 0.25) is 0 Å². The highest BCUT2D eigenvalue weighted by Gasteiger charge is 2.67. The number of carbonyl (C=O) groups excluding carboxylic acids is 1. The van der Waals surface area contributed by atoms with Crippen molar-refractivity contribution in [3.63, 3.8) is 0 Å². The average Bonchev–Trinajstić information content (AvgIpc) is 3.18. The van der Waals surface area contributed by atoms with Crippen molar-refractivity contribution in [2.75, 3.05) is 32.6 Å². The van der Waals surface area contributed by atoms with E-state index in [4.69, 9.17) is 19.2 Å². The van der Waals surface area contributed by atoms with Gasteiger partial charge in [-0.25, -0.2) is 4.99 Å². The smallest absolute Gasteiger partial charge is 0.261 e. The average molecular weight is 471 g/mol. The lowest BCUT2D eigenvalue weighted by atomic mass is 9.61. The summed E-state index contributed by atoms with van der Waals surface area (Å²) >= 11 is 1.70. The standard InChI is InChI=1S/C26H34N2O4S/c1-17-3-4-18-14-25(9-5-19(30-2)6-10-25)26(22(18)13-17)23(29)28(15-20-7-11-31-20)24(27-26)33-16-21-8-12-32-21/h3-4,13,19-21H,5-12,14-16H2,1-2H3. The van der Waals surface area contributed by atoms with E-state index in [2.05, 4.69) is 25.1 Å². The summed E-state index contributed by atoms with van der Waals surface area (Å²) < 4.78 is 17.1. The van der Waals surface area contributed by atoms with Gasteiger partial charge in [0.05, 0.1) is 24.9 Å². The number of rotatable bonds is 5. The number of hydrogen-bond donors (Lipinski definition) is 0. The molecule has 0 N–H and O–H groups in total. The van der Waals surface area contributed by atoms with E-state index < -0.39 is 5.54 Å². The molecule has 7 heteroatoms. The maximum atomic E-state index is 14.5. The minimum atomic E-state index is -0.820. The summed E-state index contributed by atoms with van der Waals surface area (Å²) in [6.07, 6.45) is 7.60. The molecule has 3 fully saturated rings. The highest BCUT2D eigenvalue weighted by molar-refractivity contribution is 8.13. The Morgan fingerprint density at radius 1 is 1.15 bits per heavy atom. The molecule has 6 nitrogen and oxygen atoms in total. The maximum absolute atomic E-state index is 14.5. The molecule has 3 atom stereocenters. The molecule has 3 heterocycles. The minimum Gasteiger partial charge on any atom is -0.381 e.